The van der Waals surface area contributed by atoms with Gasteiger partial charge in [0.15, 0.2) is 0 Å². The molecule has 1 heterocycles. The Bertz CT molecular complexity index is 584. The third-order valence-electron chi connectivity index (χ3n) is 4.01. The van der Waals surface area contributed by atoms with Crippen LogP contribution in [-0.2, 0) is 6.42 Å². The maximum atomic E-state index is 6.08. The van der Waals surface area contributed by atoms with Crippen molar-refractivity contribution in [3.05, 3.63) is 40.2 Å². The van der Waals surface area contributed by atoms with Gasteiger partial charge in [-0.2, -0.15) is 0 Å². The number of hydrogen-bond donors (Lipinski definition) is 2. The molecule has 0 spiro atoms. The molecule has 5 heteroatoms. The molecule has 2 N–H and O–H groups in total. The van der Waals surface area contributed by atoms with Gasteiger partial charge < -0.3 is 15.4 Å². The lowest BCUT2D eigenvalue weighted by Crippen LogP contribution is -2.26. The van der Waals surface area contributed by atoms with Gasteiger partial charge in [0.2, 0.25) is 0 Å². The number of ether oxygens (including phenoxy) is 1. The molecule has 0 atom stereocenters. The first-order chi connectivity index (χ1) is 11.7. The molecule has 0 saturated heterocycles. The highest BCUT2D eigenvalue weighted by Gasteiger charge is 2.06. The molecule has 0 saturated carbocycles. The summed E-state index contributed by atoms with van der Waals surface area (Å²) in [5.74, 6) is 1.67. The normalized spacial score (nSPS) is 13.8. The summed E-state index contributed by atoms with van der Waals surface area (Å²) in [7, 11) is 0. The molecular weight excluding hydrogens is 322 g/mol. The van der Waals surface area contributed by atoms with Crippen molar-refractivity contribution >= 4 is 17.9 Å². The second-order valence-electron chi connectivity index (χ2n) is 6.08. The largest absolute Gasteiger partial charge is 0.491 e. The first-order valence-corrected chi connectivity index (χ1v) is 9.19. The molecule has 0 unspecified atom stereocenters. The monoisotopic (exact) mass is 349 g/mol. The summed E-state index contributed by atoms with van der Waals surface area (Å²) in [5, 5.41) is 6.85. The zero-order valence-electron chi connectivity index (χ0n) is 14.7. The summed E-state index contributed by atoms with van der Waals surface area (Å²) in [6, 6.07) is 6.50. The minimum atomic E-state index is 0.577. The van der Waals surface area contributed by atoms with Gasteiger partial charge in [-0.05, 0) is 37.0 Å². The van der Waals surface area contributed by atoms with E-state index in [1.807, 2.05) is 0 Å². The van der Waals surface area contributed by atoms with Crippen LogP contribution >= 0.6 is 11.6 Å². The molecule has 2 rings (SSSR count). The highest BCUT2D eigenvalue weighted by molar-refractivity contribution is 6.30. The van der Waals surface area contributed by atoms with Crippen molar-refractivity contribution in [3.8, 4) is 5.75 Å². The molecule has 0 aromatic heterocycles. The Labute approximate surface area is 150 Å². The molecule has 0 amide bonds. The van der Waals surface area contributed by atoms with Gasteiger partial charge in [0, 0.05) is 0 Å². The van der Waals surface area contributed by atoms with E-state index in [4.69, 9.17) is 16.3 Å². The van der Waals surface area contributed by atoms with Crippen LogP contribution in [0.1, 0.15) is 43.7 Å². The maximum Gasteiger partial charge on any atom is 0.144 e. The SMILES string of the molecule is CCCCCCc1ccc(OCCNC2=C(Cl)CNC=N2)c(C)c1. The number of nitrogens with zero attached hydrogens (tertiary/aromatic N) is 1. The van der Waals surface area contributed by atoms with Crippen molar-refractivity contribution < 1.29 is 4.74 Å². The minimum absolute atomic E-state index is 0.577. The summed E-state index contributed by atoms with van der Waals surface area (Å²) in [6.07, 6.45) is 8.00. The predicted molar refractivity (Wildman–Crippen MR) is 102 cm³/mol. The van der Waals surface area contributed by atoms with Gasteiger partial charge in [0.1, 0.15) is 18.2 Å². The quantitative estimate of drug-likeness (QED) is 0.624. The van der Waals surface area contributed by atoms with Crippen molar-refractivity contribution in [2.45, 2.75) is 46.0 Å². The molecule has 0 radical (unpaired) electrons. The fourth-order valence-electron chi connectivity index (χ4n) is 2.66. The number of aryl methyl sites for hydroxylation is 2. The highest BCUT2D eigenvalue weighted by Crippen LogP contribution is 2.20. The molecule has 0 fully saturated rings. The molecular formula is C19H28ClN3O. The van der Waals surface area contributed by atoms with Gasteiger partial charge in [0.25, 0.3) is 0 Å². The summed E-state index contributed by atoms with van der Waals surface area (Å²) in [4.78, 5) is 4.17. The first kappa shape index (κ1) is 18.7. The lowest BCUT2D eigenvalue weighted by atomic mass is 10.0. The van der Waals surface area contributed by atoms with Gasteiger partial charge in [-0.1, -0.05) is 49.9 Å². The minimum Gasteiger partial charge on any atom is -0.491 e. The van der Waals surface area contributed by atoms with Crippen LogP contribution in [-0.4, -0.2) is 26.0 Å². The van der Waals surface area contributed by atoms with E-state index in [9.17, 15) is 0 Å². The van der Waals surface area contributed by atoms with Gasteiger partial charge in [-0.25, -0.2) is 4.99 Å². The Hall–Kier alpha value is -1.68. The van der Waals surface area contributed by atoms with Crippen LogP contribution < -0.4 is 15.4 Å². The molecule has 1 aromatic rings. The lowest BCUT2D eigenvalue weighted by Gasteiger charge is -2.14. The molecule has 0 bridgehead atoms. The van der Waals surface area contributed by atoms with E-state index < -0.39 is 0 Å². The van der Waals surface area contributed by atoms with E-state index in [-0.39, 0.29) is 0 Å². The number of nitrogens with one attached hydrogen (secondary N) is 2. The van der Waals surface area contributed by atoms with Crippen LogP contribution in [0.2, 0.25) is 0 Å². The highest BCUT2D eigenvalue weighted by atomic mass is 35.5. The average Bonchev–Trinajstić information content (AvgIpc) is 2.58. The lowest BCUT2D eigenvalue weighted by molar-refractivity contribution is 0.316. The first-order valence-electron chi connectivity index (χ1n) is 8.81. The van der Waals surface area contributed by atoms with Crippen LogP contribution in [0.3, 0.4) is 0 Å². The fraction of sp³-hybridized carbons (Fsp3) is 0.526. The third kappa shape index (κ3) is 6.08. The molecule has 1 aliphatic rings. The van der Waals surface area contributed by atoms with Gasteiger partial charge in [0.05, 0.1) is 24.5 Å². The van der Waals surface area contributed by atoms with Crippen LogP contribution in [0.4, 0.5) is 0 Å². The van der Waals surface area contributed by atoms with Gasteiger partial charge in [-0.3, -0.25) is 0 Å². The summed E-state index contributed by atoms with van der Waals surface area (Å²) < 4.78 is 5.87. The van der Waals surface area contributed by atoms with Crippen LogP contribution in [0.25, 0.3) is 0 Å². The zero-order valence-corrected chi connectivity index (χ0v) is 15.5. The van der Waals surface area contributed by atoms with E-state index in [1.54, 1.807) is 6.34 Å². The van der Waals surface area contributed by atoms with Crippen molar-refractivity contribution in [3.63, 3.8) is 0 Å². The Morgan fingerprint density at radius 1 is 1.29 bits per heavy atom. The van der Waals surface area contributed by atoms with Crippen LogP contribution in [0, 0.1) is 6.92 Å². The van der Waals surface area contributed by atoms with Crippen molar-refractivity contribution in [2.24, 2.45) is 4.99 Å². The smallest absolute Gasteiger partial charge is 0.144 e. The number of rotatable bonds is 10. The topological polar surface area (TPSA) is 45.6 Å². The number of unbranched alkanes of at least 4 members (excludes halogenated alkanes) is 3. The zero-order chi connectivity index (χ0) is 17.2. The van der Waals surface area contributed by atoms with Gasteiger partial charge in [-0.15, -0.1) is 0 Å². The van der Waals surface area contributed by atoms with Crippen LogP contribution in [0.5, 0.6) is 5.75 Å². The second kappa shape index (κ2) is 10.2. The molecule has 0 aliphatic carbocycles. The number of benzene rings is 1. The average molecular weight is 350 g/mol. The summed E-state index contributed by atoms with van der Waals surface area (Å²) in [5.41, 5.74) is 2.59. The Kier molecular flexibility index (Phi) is 7.96. The molecule has 24 heavy (non-hydrogen) atoms. The molecule has 132 valence electrons. The second-order valence-corrected chi connectivity index (χ2v) is 6.53. The van der Waals surface area contributed by atoms with E-state index in [0.29, 0.717) is 24.7 Å². The van der Waals surface area contributed by atoms with E-state index in [0.717, 1.165) is 18.0 Å². The molecule has 1 aromatic carbocycles. The van der Waals surface area contributed by atoms with Gasteiger partial charge >= 0.3 is 0 Å². The number of halogens is 1. The van der Waals surface area contributed by atoms with E-state index in [1.165, 1.54) is 36.8 Å². The Morgan fingerprint density at radius 2 is 2.17 bits per heavy atom. The predicted octanol–water partition coefficient (Wildman–Crippen LogP) is 4.13. The number of aliphatic imine (C=N–C) groups is 1. The van der Waals surface area contributed by atoms with E-state index in [2.05, 4.69) is 47.7 Å². The molecule has 4 nitrogen and oxygen atoms in total. The Morgan fingerprint density at radius 3 is 2.92 bits per heavy atom. The summed E-state index contributed by atoms with van der Waals surface area (Å²) >= 11 is 6.08. The maximum absolute atomic E-state index is 6.08. The standard InChI is InChI=1S/C19H28ClN3O/c1-3-4-5-6-7-16-8-9-18(15(2)12-16)24-11-10-22-19-17(20)13-21-14-23-19/h8-9,12,14,22H,3-7,10-11,13H2,1-2H3,(H,21,23). The fourth-order valence-corrected chi connectivity index (χ4v) is 2.85. The van der Waals surface area contributed by atoms with Crippen LogP contribution in [0.15, 0.2) is 34.0 Å². The number of hydrogen-bond acceptors (Lipinski definition) is 4. The van der Waals surface area contributed by atoms with Crippen molar-refractivity contribution in [1.82, 2.24) is 10.6 Å². The summed E-state index contributed by atoms with van der Waals surface area (Å²) in [6.45, 7) is 6.21. The Balaban J connectivity index is 1.73. The van der Waals surface area contributed by atoms with Crippen molar-refractivity contribution in [1.29, 1.82) is 0 Å². The van der Waals surface area contributed by atoms with Crippen molar-refractivity contribution in [2.75, 3.05) is 19.7 Å². The van der Waals surface area contributed by atoms with E-state index >= 15 is 0 Å². The third-order valence-corrected chi connectivity index (χ3v) is 4.32. The molecule has 1 aliphatic heterocycles.